The lowest BCUT2D eigenvalue weighted by molar-refractivity contribution is -0.137. The van der Waals surface area contributed by atoms with Crippen molar-refractivity contribution < 1.29 is 23.1 Å². The maximum absolute atomic E-state index is 12.6. The van der Waals surface area contributed by atoms with Crippen molar-refractivity contribution in [2.75, 3.05) is 19.3 Å². The zero-order valence-corrected chi connectivity index (χ0v) is 14.6. The van der Waals surface area contributed by atoms with Gasteiger partial charge in [0.2, 0.25) is 0 Å². The highest BCUT2D eigenvalue weighted by Gasteiger charge is 2.24. The molecule has 1 heterocycles. The fraction of sp³-hybridized carbons (Fsp3) is 0.529. The smallest absolute Gasteiger partial charge is 0.303 e. The molecule has 0 bridgehead atoms. The molecule has 0 radical (unpaired) electrons. The molecular weight excluding hydrogens is 330 g/mol. The molecule has 1 fully saturated rings. The van der Waals surface area contributed by atoms with E-state index in [9.17, 15) is 18.0 Å². The number of hydrogen-bond donors (Lipinski definition) is 1. The largest absolute Gasteiger partial charge is 0.481 e. The molecule has 1 unspecified atom stereocenters. The minimum Gasteiger partial charge on any atom is -0.481 e. The standard InChI is InChI=1S/C17H23NO5S/c1-24(22,23)12-14-4-7-15(8-5-14)17(21)18-10-2-3-13(11-18)6-9-16(19)20/h4-5,7-8,13H,2-3,6,9-12H2,1H3,(H,19,20). The summed E-state index contributed by atoms with van der Waals surface area (Å²) in [5.41, 5.74) is 1.19. The third-order valence-corrected chi connectivity index (χ3v) is 5.06. The van der Waals surface area contributed by atoms with Crippen LogP contribution in [0.5, 0.6) is 0 Å². The molecule has 1 aliphatic rings. The summed E-state index contributed by atoms with van der Waals surface area (Å²) >= 11 is 0. The van der Waals surface area contributed by atoms with E-state index in [4.69, 9.17) is 5.11 Å². The van der Waals surface area contributed by atoms with E-state index in [-0.39, 0.29) is 24.0 Å². The van der Waals surface area contributed by atoms with Crippen LogP contribution in [-0.4, -0.2) is 49.6 Å². The molecule has 0 saturated carbocycles. The summed E-state index contributed by atoms with van der Waals surface area (Å²) in [7, 11) is -3.09. The zero-order valence-electron chi connectivity index (χ0n) is 13.8. The van der Waals surface area contributed by atoms with Crippen LogP contribution < -0.4 is 0 Å². The van der Waals surface area contributed by atoms with Gasteiger partial charge in [0, 0.05) is 31.3 Å². The first-order valence-electron chi connectivity index (χ1n) is 8.02. The second kappa shape index (κ2) is 7.79. The quantitative estimate of drug-likeness (QED) is 0.844. The number of rotatable bonds is 6. The maximum atomic E-state index is 12.6. The van der Waals surface area contributed by atoms with E-state index in [2.05, 4.69) is 0 Å². The van der Waals surface area contributed by atoms with Crippen LogP contribution in [0.15, 0.2) is 24.3 Å². The van der Waals surface area contributed by atoms with E-state index in [0.29, 0.717) is 30.6 Å². The van der Waals surface area contributed by atoms with E-state index < -0.39 is 15.8 Å². The van der Waals surface area contributed by atoms with Gasteiger partial charge in [-0.15, -0.1) is 0 Å². The Morgan fingerprint density at radius 2 is 1.92 bits per heavy atom. The second-order valence-electron chi connectivity index (χ2n) is 6.46. The Hall–Kier alpha value is -1.89. The molecule has 0 spiro atoms. The van der Waals surface area contributed by atoms with Crippen LogP contribution in [0.3, 0.4) is 0 Å². The second-order valence-corrected chi connectivity index (χ2v) is 8.60. The normalized spacial score (nSPS) is 18.4. The summed E-state index contributed by atoms with van der Waals surface area (Å²) in [6, 6.07) is 6.65. The predicted octanol–water partition coefficient (Wildman–Crippen LogP) is 1.95. The minimum atomic E-state index is -3.09. The highest BCUT2D eigenvalue weighted by Crippen LogP contribution is 2.22. The third kappa shape index (κ3) is 5.63. The van der Waals surface area contributed by atoms with Gasteiger partial charge in [0.15, 0.2) is 9.84 Å². The van der Waals surface area contributed by atoms with Crippen molar-refractivity contribution in [3.05, 3.63) is 35.4 Å². The molecule has 1 N–H and O–H groups in total. The first kappa shape index (κ1) is 18.4. The van der Waals surface area contributed by atoms with E-state index in [1.165, 1.54) is 6.26 Å². The van der Waals surface area contributed by atoms with E-state index in [1.54, 1.807) is 29.2 Å². The summed E-state index contributed by atoms with van der Waals surface area (Å²) in [6.07, 6.45) is 3.73. The molecule has 24 heavy (non-hydrogen) atoms. The summed E-state index contributed by atoms with van der Waals surface area (Å²) < 4.78 is 22.6. The fourth-order valence-corrected chi connectivity index (χ4v) is 3.84. The number of hydrogen-bond acceptors (Lipinski definition) is 4. The van der Waals surface area contributed by atoms with Crippen molar-refractivity contribution in [3.63, 3.8) is 0 Å². The maximum Gasteiger partial charge on any atom is 0.303 e. The summed E-state index contributed by atoms with van der Waals surface area (Å²) in [5.74, 6) is -0.702. The van der Waals surface area contributed by atoms with Crippen LogP contribution >= 0.6 is 0 Å². The molecule has 1 saturated heterocycles. The number of nitrogens with zero attached hydrogens (tertiary/aromatic N) is 1. The van der Waals surface area contributed by atoms with E-state index in [0.717, 1.165) is 12.8 Å². The molecular formula is C17H23NO5S. The Morgan fingerprint density at radius 3 is 2.50 bits per heavy atom. The number of piperidine rings is 1. The number of benzene rings is 1. The van der Waals surface area contributed by atoms with Gasteiger partial charge in [0.1, 0.15) is 0 Å². The number of carboxylic acids is 1. The Labute approximate surface area is 142 Å². The summed E-state index contributed by atoms with van der Waals surface area (Å²) in [4.78, 5) is 25.0. The van der Waals surface area contributed by atoms with Crippen LogP contribution in [0, 0.1) is 5.92 Å². The number of carbonyl (C=O) groups excluding carboxylic acids is 1. The highest BCUT2D eigenvalue weighted by molar-refractivity contribution is 7.89. The molecule has 1 atom stereocenters. The van der Waals surface area contributed by atoms with Crippen molar-refractivity contribution in [3.8, 4) is 0 Å². The predicted molar refractivity (Wildman–Crippen MR) is 90.5 cm³/mol. The molecule has 0 aliphatic carbocycles. The van der Waals surface area contributed by atoms with Crippen molar-refractivity contribution >= 4 is 21.7 Å². The van der Waals surface area contributed by atoms with Gasteiger partial charge in [-0.3, -0.25) is 9.59 Å². The number of carboxylic acid groups (broad SMARTS) is 1. The summed E-state index contributed by atoms with van der Waals surface area (Å²) in [6.45, 7) is 1.25. The van der Waals surface area contributed by atoms with Gasteiger partial charge in [-0.25, -0.2) is 8.42 Å². The minimum absolute atomic E-state index is 0.0392. The van der Waals surface area contributed by atoms with Crippen molar-refractivity contribution in [2.24, 2.45) is 5.92 Å². The lowest BCUT2D eigenvalue weighted by atomic mass is 9.93. The molecule has 6 nitrogen and oxygen atoms in total. The lowest BCUT2D eigenvalue weighted by Gasteiger charge is -2.32. The fourth-order valence-electron chi connectivity index (χ4n) is 3.04. The first-order chi connectivity index (χ1) is 11.2. The van der Waals surface area contributed by atoms with Gasteiger partial charge < -0.3 is 10.0 Å². The van der Waals surface area contributed by atoms with Crippen LogP contribution in [0.1, 0.15) is 41.6 Å². The number of carbonyl (C=O) groups is 2. The molecule has 1 amide bonds. The van der Waals surface area contributed by atoms with Crippen LogP contribution in [0.4, 0.5) is 0 Å². The van der Waals surface area contributed by atoms with Gasteiger partial charge in [-0.05, 0) is 42.9 Å². The molecule has 132 valence electrons. The van der Waals surface area contributed by atoms with Crippen LogP contribution in [0.25, 0.3) is 0 Å². The number of amides is 1. The van der Waals surface area contributed by atoms with Crippen molar-refractivity contribution in [1.29, 1.82) is 0 Å². The number of sulfone groups is 1. The van der Waals surface area contributed by atoms with E-state index >= 15 is 0 Å². The van der Waals surface area contributed by atoms with Gasteiger partial charge in [-0.1, -0.05) is 12.1 Å². The van der Waals surface area contributed by atoms with Gasteiger partial charge in [0.25, 0.3) is 5.91 Å². The van der Waals surface area contributed by atoms with Crippen LogP contribution in [-0.2, 0) is 20.4 Å². The molecule has 1 aliphatic heterocycles. The molecule has 1 aromatic carbocycles. The van der Waals surface area contributed by atoms with Gasteiger partial charge in [-0.2, -0.15) is 0 Å². The Kier molecular flexibility index (Phi) is 5.99. The van der Waals surface area contributed by atoms with Gasteiger partial charge in [0.05, 0.1) is 5.75 Å². The van der Waals surface area contributed by atoms with Crippen molar-refractivity contribution in [2.45, 2.75) is 31.4 Å². The SMILES string of the molecule is CS(=O)(=O)Cc1ccc(C(=O)N2CCCC(CCC(=O)O)C2)cc1. The molecule has 7 heteroatoms. The Bertz CT molecular complexity index is 696. The lowest BCUT2D eigenvalue weighted by Crippen LogP contribution is -2.40. The monoisotopic (exact) mass is 353 g/mol. The first-order valence-corrected chi connectivity index (χ1v) is 10.1. The highest BCUT2D eigenvalue weighted by atomic mass is 32.2. The molecule has 2 rings (SSSR count). The third-order valence-electron chi connectivity index (χ3n) is 4.20. The molecule has 1 aromatic rings. The zero-order chi connectivity index (χ0) is 17.7. The topological polar surface area (TPSA) is 91.8 Å². The Balaban J connectivity index is 1.98. The number of aliphatic carboxylic acids is 1. The van der Waals surface area contributed by atoms with Crippen molar-refractivity contribution in [1.82, 2.24) is 4.90 Å². The average Bonchev–Trinajstić information content (AvgIpc) is 2.52. The van der Waals surface area contributed by atoms with Gasteiger partial charge >= 0.3 is 5.97 Å². The Morgan fingerprint density at radius 1 is 1.25 bits per heavy atom. The summed E-state index contributed by atoms with van der Waals surface area (Å²) in [5, 5.41) is 8.78. The average molecular weight is 353 g/mol. The molecule has 0 aromatic heterocycles. The van der Waals surface area contributed by atoms with E-state index in [1.807, 2.05) is 0 Å². The van der Waals surface area contributed by atoms with Crippen LogP contribution in [0.2, 0.25) is 0 Å². The number of likely N-dealkylation sites (tertiary alicyclic amines) is 1.